The Hall–Kier alpha value is -1.04. The van der Waals surface area contributed by atoms with Crippen molar-refractivity contribution in [2.75, 3.05) is 12.8 Å². The van der Waals surface area contributed by atoms with Gasteiger partial charge >= 0.3 is 0 Å². The van der Waals surface area contributed by atoms with Gasteiger partial charge in [0, 0.05) is 19.0 Å². The SMILES string of the molecule is CSCc1noc([C@@H]2CC(=O)N(C3CCCC3)C2)n1. The molecule has 1 aliphatic heterocycles. The molecule has 0 bridgehead atoms. The van der Waals surface area contributed by atoms with Crippen LogP contribution in [0.15, 0.2) is 4.52 Å². The molecule has 2 heterocycles. The van der Waals surface area contributed by atoms with E-state index in [1.807, 2.05) is 11.2 Å². The van der Waals surface area contributed by atoms with Crippen LogP contribution in [-0.2, 0) is 10.5 Å². The Morgan fingerprint density at radius 3 is 2.95 bits per heavy atom. The van der Waals surface area contributed by atoms with Crippen LogP contribution in [0.4, 0.5) is 0 Å². The molecule has 0 aromatic carbocycles. The first-order valence-electron chi connectivity index (χ1n) is 6.89. The largest absolute Gasteiger partial charge is 0.339 e. The van der Waals surface area contributed by atoms with E-state index < -0.39 is 0 Å². The average molecular weight is 281 g/mol. The Bertz CT molecular complexity index is 456. The van der Waals surface area contributed by atoms with Gasteiger partial charge in [0.25, 0.3) is 0 Å². The molecule has 1 saturated carbocycles. The third-order valence-electron chi connectivity index (χ3n) is 4.03. The topological polar surface area (TPSA) is 59.2 Å². The summed E-state index contributed by atoms with van der Waals surface area (Å²) in [5.74, 6) is 2.47. The number of aromatic nitrogens is 2. The minimum absolute atomic E-state index is 0.0937. The van der Waals surface area contributed by atoms with Gasteiger partial charge < -0.3 is 9.42 Å². The van der Waals surface area contributed by atoms with Gasteiger partial charge in [0.2, 0.25) is 11.8 Å². The van der Waals surface area contributed by atoms with Crippen LogP contribution in [0.5, 0.6) is 0 Å². The number of rotatable bonds is 4. The molecule has 2 aliphatic rings. The van der Waals surface area contributed by atoms with Crippen molar-refractivity contribution in [3.63, 3.8) is 0 Å². The molecule has 0 spiro atoms. The van der Waals surface area contributed by atoms with Crippen LogP contribution in [0.3, 0.4) is 0 Å². The van der Waals surface area contributed by atoms with Crippen molar-refractivity contribution < 1.29 is 9.32 Å². The first kappa shape index (κ1) is 13.0. The molecule has 19 heavy (non-hydrogen) atoms. The van der Waals surface area contributed by atoms with E-state index in [1.54, 1.807) is 11.8 Å². The number of likely N-dealkylation sites (tertiary alicyclic amines) is 1. The minimum atomic E-state index is 0.0937. The maximum atomic E-state index is 12.1. The zero-order valence-electron chi connectivity index (χ0n) is 11.2. The molecule has 104 valence electrons. The van der Waals surface area contributed by atoms with Crippen molar-refractivity contribution in [2.24, 2.45) is 0 Å². The van der Waals surface area contributed by atoms with Crippen molar-refractivity contribution in [2.45, 2.75) is 49.8 Å². The number of hydrogen-bond acceptors (Lipinski definition) is 5. The Balaban J connectivity index is 1.67. The molecule has 1 atom stereocenters. The molecule has 1 aromatic heterocycles. The quantitative estimate of drug-likeness (QED) is 0.846. The minimum Gasteiger partial charge on any atom is -0.339 e. The van der Waals surface area contributed by atoms with Crippen molar-refractivity contribution in [3.05, 3.63) is 11.7 Å². The molecule has 5 nitrogen and oxygen atoms in total. The van der Waals surface area contributed by atoms with E-state index in [1.165, 1.54) is 12.8 Å². The van der Waals surface area contributed by atoms with Crippen LogP contribution in [0.1, 0.15) is 49.7 Å². The van der Waals surface area contributed by atoms with Crippen molar-refractivity contribution in [1.29, 1.82) is 0 Å². The van der Waals surface area contributed by atoms with Gasteiger partial charge in [-0.25, -0.2) is 0 Å². The zero-order chi connectivity index (χ0) is 13.2. The normalized spacial score (nSPS) is 24.6. The fourth-order valence-electron chi connectivity index (χ4n) is 3.09. The molecular weight excluding hydrogens is 262 g/mol. The van der Waals surface area contributed by atoms with Crippen LogP contribution in [-0.4, -0.2) is 39.8 Å². The van der Waals surface area contributed by atoms with Crippen molar-refractivity contribution in [3.8, 4) is 0 Å². The fraction of sp³-hybridized carbons (Fsp3) is 0.769. The van der Waals surface area contributed by atoms with Crippen molar-refractivity contribution in [1.82, 2.24) is 15.0 Å². The van der Waals surface area contributed by atoms with Gasteiger partial charge in [-0.1, -0.05) is 18.0 Å². The van der Waals surface area contributed by atoms with E-state index in [2.05, 4.69) is 10.1 Å². The Labute approximate surface area is 117 Å². The predicted molar refractivity (Wildman–Crippen MR) is 72.8 cm³/mol. The van der Waals surface area contributed by atoms with Crippen molar-refractivity contribution >= 4 is 17.7 Å². The molecule has 0 N–H and O–H groups in total. The number of amides is 1. The summed E-state index contributed by atoms with van der Waals surface area (Å²) < 4.78 is 5.31. The summed E-state index contributed by atoms with van der Waals surface area (Å²) in [5.41, 5.74) is 0. The highest BCUT2D eigenvalue weighted by Gasteiger charge is 2.38. The van der Waals surface area contributed by atoms with E-state index in [0.29, 0.717) is 18.4 Å². The van der Waals surface area contributed by atoms with E-state index in [4.69, 9.17) is 4.52 Å². The summed E-state index contributed by atoms with van der Waals surface area (Å²) in [5, 5.41) is 3.96. The molecule has 1 aliphatic carbocycles. The highest BCUT2D eigenvalue weighted by molar-refractivity contribution is 7.97. The molecule has 1 aromatic rings. The Morgan fingerprint density at radius 2 is 2.21 bits per heavy atom. The maximum absolute atomic E-state index is 12.1. The number of carbonyl (C=O) groups excluding carboxylic acids is 1. The van der Waals surface area contributed by atoms with Gasteiger partial charge in [0.15, 0.2) is 5.82 Å². The fourth-order valence-corrected chi connectivity index (χ4v) is 3.46. The lowest BCUT2D eigenvalue weighted by Crippen LogP contribution is -2.34. The molecule has 1 amide bonds. The average Bonchev–Trinajstić information content (AvgIpc) is 3.08. The summed E-state index contributed by atoms with van der Waals surface area (Å²) in [6, 6.07) is 0.450. The maximum Gasteiger partial charge on any atom is 0.232 e. The highest BCUT2D eigenvalue weighted by Crippen LogP contribution is 2.33. The van der Waals surface area contributed by atoms with E-state index in [9.17, 15) is 4.79 Å². The van der Waals surface area contributed by atoms with Gasteiger partial charge in [-0.3, -0.25) is 4.79 Å². The van der Waals surface area contributed by atoms with Crippen LogP contribution >= 0.6 is 11.8 Å². The summed E-state index contributed by atoms with van der Waals surface area (Å²) in [6.07, 6.45) is 7.34. The molecule has 3 rings (SSSR count). The molecule has 1 saturated heterocycles. The number of thioether (sulfide) groups is 1. The second kappa shape index (κ2) is 5.53. The van der Waals surface area contributed by atoms with Crippen LogP contribution < -0.4 is 0 Å². The standard InChI is InChI=1S/C13H19N3O2S/c1-19-8-11-14-13(18-15-11)9-6-12(17)16(7-9)10-4-2-3-5-10/h9-10H,2-8H2,1H3/t9-/m1/s1. The van der Waals surface area contributed by atoms with Gasteiger partial charge in [-0.2, -0.15) is 16.7 Å². The first-order valence-corrected chi connectivity index (χ1v) is 8.28. The highest BCUT2D eigenvalue weighted by atomic mass is 32.2. The lowest BCUT2D eigenvalue weighted by atomic mass is 10.1. The summed E-state index contributed by atoms with van der Waals surface area (Å²) in [4.78, 5) is 18.5. The summed E-state index contributed by atoms with van der Waals surface area (Å²) in [7, 11) is 0. The van der Waals surface area contributed by atoms with Gasteiger partial charge in [0.1, 0.15) is 0 Å². The van der Waals surface area contributed by atoms with Gasteiger partial charge in [0.05, 0.1) is 11.7 Å². The number of nitrogens with zero attached hydrogens (tertiary/aromatic N) is 3. The first-order chi connectivity index (χ1) is 9.28. The summed E-state index contributed by atoms with van der Waals surface area (Å²) in [6.45, 7) is 0.754. The third kappa shape index (κ3) is 2.63. The number of hydrogen-bond donors (Lipinski definition) is 0. The smallest absolute Gasteiger partial charge is 0.232 e. The van der Waals surface area contributed by atoms with Crippen LogP contribution in [0.2, 0.25) is 0 Å². The second-order valence-electron chi connectivity index (χ2n) is 5.37. The summed E-state index contributed by atoms with van der Waals surface area (Å²) >= 11 is 1.67. The molecule has 0 unspecified atom stereocenters. The zero-order valence-corrected chi connectivity index (χ0v) is 12.0. The second-order valence-corrected chi connectivity index (χ2v) is 6.23. The van der Waals surface area contributed by atoms with E-state index in [0.717, 1.165) is 31.0 Å². The van der Waals surface area contributed by atoms with Gasteiger partial charge in [-0.15, -0.1) is 0 Å². The Morgan fingerprint density at radius 1 is 1.42 bits per heavy atom. The van der Waals surface area contributed by atoms with Crippen LogP contribution in [0.25, 0.3) is 0 Å². The third-order valence-corrected chi connectivity index (χ3v) is 4.58. The molecule has 2 fully saturated rings. The molecular formula is C13H19N3O2S. The van der Waals surface area contributed by atoms with E-state index in [-0.39, 0.29) is 11.8 Å². The molecule has 0 radical (unpaired) electrons. The monoisotopic (exact) mass is 281 g/mol. The Kier molecular flexibility index (Phi) is 3.77. The number of carbonyl (C=O) groups is 1. The lowest BCUT2D eigenvalue weighted by Gasteiger charge is -2.23. The lowest BCUT2D eigenvalue weighted by molar-refractivity contribution is -0.129. The predicted octanol–water partition coefficient (Wildman–Crippen LogP) is 2.19. The molecule has 6 heteroatoms. The van der Waals surface area contributed by atoms with Gasteiger partial charge in [-0.05, 0) is 19.1 Å². The van der Waals surface area contributed by atoms with Crippen LogP contribution in [0, 0.1) is 0 Å². The van der Waals surface area contributed by atoms with E-state index >= 15 is 0 Å².